The van der Waals surface area contributed by atoms with Gasteiger partial charge in [0.05, 0.1) is 16.8 Å². The number of fused-ring (bicyclic) bond motifs is 1. The number of amides is 2. The molecule has 0 aromatic heterocycles. The molecule has 5 nitrogen and oxygen atoms in total. The van der Waals surface area contributed by atoms with Gasteiger partial charge in [0.2, 0.25) is 0 Å². The minimum atomic E-state index is -0.338. The lowest BCUT2D eigenvalue weighted by molar-refractivity contribution is 0.0272. The Hall–Kier alpha value is -2.17. The van der Waals surface area contributed by atoms with Gasteiger partial charge in [-0.2, -0.15) is 0 Å². The Labute approximate surface area is 98.7 Å². The van der Waals surface area contributed by atoms with Crippen molar-refractivity contribution in [1.82, 2.24) is 4.90 Å². The molecule has 0 spiro atoms. The molecule has 1 aromatic rings. The predicted molar refractivity (Wildman–Crippen MR) is 61.7 cm³/mol. The molecule has 88 valence electrons. The fraction of sp³-hybridized carbons (Fsp3) is 0.250. The molecular formula is C12H12N2O3. The van der Waals surface area contributed by atoms with E-state index < -0.39 is 0 Å². The van der Waals surface area contributed by atoms with Crippen molar-refractivity contribution in [2.24, 2.45) is 5.16 Å². The highest BCUT2D eigenvalue weighted by atomic mass is 16.6. The first-order valence-corrected chi connectivity index (χ1v) is 5.19. The number of hydrogen-bond donors (Lipinski definition) is 0. The van der Waals surface area contributed by atoms with Crippen LogP contribution in [-0.2, 0) is 4.84 Å². The van der Waals surface area contributed by atoms with Gasteiger partial charge in [0.25, 0.3) is 11.8 Å². The van der Waals surface area contributed by atoms with Crippen LogP contribution in [0.5, 0.6) is 0 Å². The Bertz CT molecular complexity index is 469. The Morgan fingerprint density at radius 2 is 1.71 bits per heavy atom. The van der Waals surface area contributed by atoms with Crippen LogP contribution in [0.4, 0.5) is 0 Å². The molecule has 1 heterocycles. The molecule has 0 atom stereocenters. The van der Waals surface area contributed by atoms with Crippen LogP contribution in [0.15, 0.2) is 29.4 Å². The Morgan fingerprint density at radius 1 is 1.18 bits per heavy atom. The quantitative estimate of drug-likeness (QED) is 0.452. The van der Waals surface area contributed by atoms with Crippen LogP contribution in [0.2, 0.25) is 0 Å². The van der Waals surface area contributed by atoms with Gasteiger partial charge in [0, 0.05) is 0 Å². The first kappa shape index (κ1) is 11.3. The maximum Gasteiger partial charge on any atom is 0.264 e. The van der Waals surface area contributed by atoms with E-state index in [0.29, 0.717) is 11.1 Å². The van der Waals surface area contributed by atoms with Crippen LogP contribution < -0.4 is 0 Å². The predicted octanol–water partition coefficient (Wildman–Crippen LogP) is 1.65. The Balaban J connectivity index is 2.16. The van der Waals surface area contributed by atoms with Crippen molar-refractivity contribution in [3.63, 3.8) is 0 Å². The highest BCUT2D eigenvalue weighted by Crippen LogP contribution is 2.21. The number of nitrogens with zero attached hydrogens (tertiary/aromatic N) is 2. The third-order valence-corrected chi connectivity index (χ3v) is 2.31. The maximum absolute atomic E-state index is 11.9. The largest absolute Gasteiger partial charge is 0.373 e. The monoisotopic (exact) mass is 232 g/mol. The van der Waals surface area contributed by atoms with Gasteiger partial charge in [0.15, 0.2) is 6.73 Å². The van der Waals surface area contributed by atoms with E-state index in [-0.39, 0.29) is 18.5 Å². The Morgan fingerprint density at radius 3 is 2.18 bits per heavy atom. The van der Waals surface area contributed by atoms with Crippen molar-refractivity contribution in [2.45, 2.75) is 13.8 Å². The second-order valence-corrected chi connectivity index (χ2v) is 3.88. The zero-order chi connectivity index (χ0) is 12.4. The average molecular weight is 232 g/mol. The van der Waals surface area contributed by atoms with Crippen LogP contribution in [0.25, 0.3) is 0 Å². The van der Waals surface area contributed by atoms with E-state index in [1.807, 2.05) is 0 Å². The van der Waals surface area contributed by atoms with E-state index >= 15 is 0 Å². The van der Waals surface area contributed by atoms with E-state index in [1.54, 1.807) is 38.1 Å². The van der Waals surface area contributed by atoms with E-state index in [9.17, 15) is 9.59 Å². The van der Waals surface area contributed by atoms with E-state index in [2.05, 4.69) is 5.16 Å². The molecule has 0 unspecified atom stereocenters. The van der Waals surface area contributed by atoms with Crippen LogP contribution >= 0.6 is 0 Å². The van der Waals surface area contributed by atoms with Crippen molar-refractivity contribution in [3.05, 3.63) is 35.4 Å². The summed E-state index contributed by atoms with van der Waals surface area (Å²) < 4.78 is 0. The summed E-state index contributed by atoms with van der Waals surface area (Å²) in [6.07, 6.45) is 0. The maximum atomic E-state index is 11.9. The van der Waals surface area contributed by atoms with Crippen LogP contribution in [0.3, 0.4) is 0 Å². The smallest absolute Gasteiger partial charge is 0.264 e. The molecular weight excluding hydrogens is 220 g/mol. The molecule has 0 saturated heterocycles. The van der Waals surface area contributed by atoms with Crippen molar-refractivity contribution >= 4 is 17.5 Å². The molecule has 0 bridgehead atoms. The summed E-state index contributed by atoms with van der Waals surface area (Å²) >= 11 is 0. The summed E-state index contributed by atoms with van der Waals surface area (Å²) in [5.74, 6) is -0.677. The Kier molecular flexibility index (Phi) is 2.91. The standard InChI is InChI=1S/C12H12N2O3/c1-8(2)13-17-7-14-11(15)9-5-3-4-6-10(9)12(14)16/h3-6H,7H2,1-2H3. The highest BCUT2D eigenvalue weighted by Gasteiger charge is 2.35. The average Bonchev–Trinajstić information content (AvgIpc) is 2.54. The number of carbonyl (C=O) groups excluding carboxylic acids is 2. The van der Waals surface area contributed by atoms with Gasteiger partial charge in [-0.3, -0.25) is 9.59 Å². The minimum Gasteiger partial charge on any atom is -0.373 e. The molecule has 1 aromatic carbocycles. The van der Waals surface area contributed by atoms with Gasteiger partial charge in [-0.1, -0.05) is 17.3 Å². The normalized spacial score (nSPS) is 13.6. The van der Waals surface area contributed by atoms with Crippen LogP contribution in [0, 0.1) is 0 Å². The number of benzene rings is 1. The molecule has 2 rings (SSSR count). The topological polar surface area (TPSA) is 59.0 Å². The molecule has 0 fully saturated rings. The highest BCUT2D eigenvalue weighted by molar-refractivity contribution is 6.21. The first-order valence-electron chi connectivity index (χ1n) is 5.19. The number of rotatable bonds is 3. The van der Waals surface area contributed by atoms with Gasteiger partial charge >= 0.3 is 0 Å². The fourth-order valence-electron chi connectivity index (χ4n) is 1.57. The van der Waals surface area contributed by atoms with Gasteiger partial charge in [-0.25, -0.2) is 4.90 Å². The third-order valence-electron chi connectivity index (χ3n) is 2.31. The second-order valence-electron chi connectivity index (χ2n) is 3.88. The lowest BCUT2D eigenvalue weighted by atomic mass is 10.1. The van der Waals surface area contributed by atoms with Crippen molar-refractivity contribution < 1.29 is 14.4 Å². The summed E-state index contributed by atoms with van der Waals surface area (Å²) in [6, 6.07) is 6.71. The molecule has 0 aliphatic carbocycles. The van der Waals surface area contributed by atoms with Crippen molar-refractivity contribution in [2.75, 3.05) is 6.73 Å². The van der Waals surface area contributed by atoms with Gasteiger partial charge in [0.1, 0.15) is 0 Å². The summed E-state index contributed by atoms with van der Waals surface area (Å²) in [7, 11) is 0. The zero-order valence-corrected chi connectivity index (χ0v) is 9.64. The molecule has 0 radical (unpaired) electrons. The molecule has 17 heavy (non-hydrogen) atoms. The fourth-order valence-corrected chi connectivity index (χ4v) is 1.57. The van der Waals surface area contributed by atoms with E-state index in [0.717, 1.165) is 10.6 Å². The van der Waals surface area contributed by atoms with Crippen molar-refractivity contribution in [3.8, 4) is 0 Å². The molecule has 0 N–H and O–H groups in total. The molecule has 0 saturated carbocycles. The molecule has 1 aliphatic heterocycles. The zero-order valence-electron chi connectivity index (χ0n) is 9.64. The van der Waals surface area contributed by atoms with Crippen molar-refractivity contribution in [1.29, 1.82) is 0 Å². The van der Waals surface area contributed by atoms with Gasteiger partial charge < -0.3 is 4.84 Å². The molecule has 5 heteroatoms. The molecule has 1 aliphatic rings. The van der Waals surface area contributed by atoms with Gasteiger partial charge in [-0.15, -0.1) is 0 Å². The number of hydrogen-bond acceptors (Lipinski definition) is 4. The minimum absolute atomic E-state index is 0.155. The third kappa shape index (κ3) is 2.04. The number of carbonyl (C=O) groups is 2. The van der Waals surface area contributed by atoms with E-state index in [1.165, 1.54) is 0 Å². The van der Waals surface area contributed by atoms with Gasteiger partial charge in [-0.05, 0) is 26.0 Å². The SMILES string of the molecule is CC(C)=NOCN1C(=O)c2ccccc2C1=O. The lowest BCUT2D eigenvalue weighted by Gasteiger charge is -2.11. The van der Waals surface area contributed by atoms with E-state index in [4.69, 9.17) is 4.84 Å². The van der Waals surface area contributed by atoms with Crippen LogP contribution in [0.1, 0.15) is 34.6 Å². The summed E-state index contributed by atoms with van der Waals surface area (Å²) in [6.45, 7) is 3.38. The summed E-state index contributed by atoms with van der Waals surface area (Å²) in [5, 5.41) is 3.69. The van der Waals surface area contributed by atoms with Crippen LogP contribution in [-0.4, -0.2) is 29.2 Å². The number of imide groups is 1. The molecule has 2 amide bonds. The second kappa shape index (κ2) is 4.37. The summed E-state index contributed by atoms with van der Waals surface area (Å²) in [4.78, 5) is 29.7. The lowest BCUT2D eigenvalue weighted by Crippen LogP contribution is -2.31. The number of oxime groups is 1. The summed E-state index contributed by atoms with van der Waals surface area (Å²) in [5.41, 5.74) is 1.55. The first-order chi connectivity index (χ1) is 8.11.